The molecule has 6 heteroatoms. The lowest BCUT2D eigenvalue weighted by Crippen LogP contribution is -2.54. The number of halogens is 2. The van der Waals surface area contributed by atoms with Crippen LogP contribution in [0.15, 0.2) is 48.5 Å². The van der Waals surface area contributed by atoms with Gasteiger partial charge in [0.15, 0.2) is 0 Å². The van der Waals surface area contributed by atoms with Crippen LogP contribution in [0, 0.1) is 5.92 Å². The molecule has 4 atom stereocenters. The van der Waals surface area contributed by atoms with Gasteiger partial charge in [-0.05, 0) is 69.0 Å². The first kappa shape index (κ1) is 24.6. The number of piperidine rings is 1. The highest BCUT2D eigenvalue weighted by Crippen LogP contribution is 2.47. The van der Waals surface area contributed by atoms with E-state index in [1.54, 1.807) is 4.90 Å². The van der Waals surface area contributed by atoms with Crippen LogP contribution in [0.2, 0.25) is 10.0 Å². The molecule has 2 unspecified atom stereocenters. The average Bonchev–Trinajstić information content (AvgIpc) is 2.71. The molecule has 1 fully saturated rings. The van der Waals surface area contributed by atoms with Gasteiger partial charge in [0, 0.05) is 21.9 Å². The second-order valence-corrected chi connectivity index (χ2v) is 10.4. The van der Waals surface area contributed by atoms with Crippen LogP contribution in [-0.4, -0.2) is 28.4 Å². The van der Waals surface area contributed by atoms with E-state index in [0.717, 1.165) is 11.1 Å². The molecule has 1 aliphatic rings. The summed E-state index contributed by atoms with van der Waals surface area (Å²) >= 11 is 12.5. The number of esters is 1. The Morgan fingerprint density at radius 1 is 1.09 bits per heavy atom. The quantitative estimate of drug-likeness (QED) is 0.446. The molecule has 3 rings (SSSR count). The topological polar surface area (TPSA) is 46.6 Å². The Labute approximate surface area is 200 Å². The van der Waals surface area contributed by atoms with E-state index >= 15 is 0 Å². The van der Waals surface area contributed by atoms with Crippen LogP contribution in [0.25, 0.3) is 0 Å². The summed E-state index contributed by atoms with van der Waals surface area (Å²) in [6, 6.07) is 14.2. The highest BCUT2D eigenvalue weighted by molar-refractivity contribution is 6.30. The van der Waals surface area contributed by atoms with Crippen molar-refractivity contribution >= 4 is 35.1 Å². The lowest BCUT2D eigenvalue weighted by molar-refractivity contribution is -0.170. The van der Waals surface area contributed by atoms with Crippen molar-refractivity contribution in [1.29, 1.82) is 0 Å². The van der Waals surface area contributed by atoms with E-state index in [4.69, 9.17) is 27.9 Å². The number of likely N-dealkylation sites (tertiary alicyclic amines) is 1. The van der Waals surface area contributed by atoms with E-state index in [9.17, 15) is 9.59 Å². The van der Waals surface area contributed by atoms with Crippen molar-refractivity contribution in [2.45, 2.75) is 71.1 Å². The molecule has 0 saturated carbocycles. The summed E-state index contributed by atoms with van der Waals surface area (Å²) in [5, 5.41) is 1.27. The predicted octanol–water partition coefficient (Wildman–Crippen LogP) is 6.81. The monoisotopic (exact) mass is 475 g/mol. The molecule has 32 heavy (non-hydrogen) atoms. The minimum Gasteiger partial charge on any atom is -0.458 e. The van der Waals surface area contributed by atoms with Gasteiger partial charge in [-0.25, -0.2) is 4.79 Å². The van der Waals surface area contributed by atoms with Gasteiger partial charge in [-0.1, -0.05) is 61.3 Å². The second-order valence-electron chi connectivity index (χ2n) is 9.50. The molecule has 1 saturated heterocycles. The van der Waals surface area contributed by atoms with Gasteiger partial charge in [0.2, 0.25) is 5.91 Å². The Morgan fingerprint density at radius 2 is 1.75 bits per heavy atom. The summed E-state index contributed by atoms with van der Waals surface area (Å²) in [6.07, 6.45) is 1.12. The first-order valence-electron chi connectivity index (χ1n) is 11.1. The Kier molecular flexibility index (Phi) is 7.57. The van der Waals surface area contributed by atoms with Crippen molar-refractivity contribution in [3.05, 3.63) is 69.7 Å². The highest BCUT2D eigenvalue weighted by atomic mass is 35.5. The number of benzene rings is 2. The molecule has 0 spiro atoms. The summed E-state index contributed by atoms with van der Waals surface area (Å²) in [4.78, 5) is 28.5. The normalized spacial score (nSPS) is 22.5. The predicted molar refractivity (Wildman–Crippen MR) is 129 cm³/mol. The summed E-state index contributed by atoms with van der Waals surface area (Å²) in [7, 11) is 0. The van der Waals surface area contributed by atoms with Gasteiger partial charge >= 0.3 is 5.97 Å². The molecule has 1 heterocycles. The van der Waals surface area contributed by atoms with Crippen molar-refractivity contribution in [2.75, 3.05) is 0 Å². The number of amides is 1. The zero-order valence-corrected chi connectivity index (χ0v) is 20.8. The van der Waals surface area contributed by atoms with Gasteiger partial charge in [-0.15, -0.1) is 0 Å². The molecule has 1 aliphatic heterocycles. The third-order valence-corrected chi connectivity index (χ3v) is 6.34. The Morgan fingerprint density at radius 3 is 2.31 bits per heavy atom. The van der Waals surface area contributed by atoms with Crippen LogP contribution in [0.5, 0.6) is 0 Å². The Hall–Kier alpha value is -2.04. The Bertz CT molecular complexity index is 968. The van der Waals surface area contributed by atoms with E-state index < -0.39 is 11.6 Å². The zero-order chi connectivity index (χ0) is 23.6. The number of ether oxygens (including phenoxy) is 1. The first-order valence-corrected chi connectivity index (χ1v) is 11.8. The van der Waals surface area contributed by atoms with Gasteiger partial charge in [0.25, 0.3) is 0 Å². The molecular weight excluding hydrogens is 445 g/mol. The van der Waals surface area contributed by atoms with Gasteiger partial charge in [0.1, 0.15) is 11.6 Å². The van der Waals surface area contributed by atoms with Crippen LogP contribution in [0.3, 0.4) is 0 Å². The van der Waals surface area contributed by atoms with Crippen LogP contribution in [0.1, 0.15) is 70.5 Å². The third kappa shape index (κ3) is 5.47. The van der Waals surface area contributed by atoms with Crippen LogP contribution in [-0.2, 0) is 14.3 Å². The number of hydrogen-bond donors (Lipinski definition) is 0. The molecule has 2 aromatic rings. The van der Waals surface area contributed by atoms with Crippen molar-refractivity contribution in [1.82, 2.24) is 4.90 Å². The van der Waals surface area contributed by atoms with E-state index in [1.165, 1.54) is 0 Å². The van der Waals surface area contributed by atoms with Crippen molar-refractivity contribution < 1.29 is 14.3 Å². The molecule has 1 amide bonds. The zero-order valence-electron chi connectivity index (χ0n) is 19.3. The molecule has 4 nitrogen and oxygen atoms in total. The maximum Gasteiger partial charge on any atom is 0.329 e. The van der Waals surface area contributed by atoms with Gasteiger partial charge in [-0.3, -0.25) is 4.79 Å². The van der Waals surface area contributed by atoms with Crippen LogP contribution >= 0.6 is 23.2 Å². The van der Waals surface area contributed by atoms with E-state index in [-0.39, 0.29) is 29.8 Å². The number of nitrogens with zero attached hydrogens (tertiary/aromatic N) is 1. The Balaban J connectivity index is 2.14. The number of carbonyl (C=O) groups is 2. The molecular formula is C26H31Cl2NO3. The maximum atomic E-state index is 13.6. The molecule has 0 radical (unpaired) electrons. The van der Waals surface area contributed by atoms with E-state index in [2.05, 4.69) is 0 Å². The number of hydrogen-bond acceptors (Lipinski definition) is 3. The summed E-state index contributed by atoms with van der Waals surface area (Å²) in [5.41, 5.74) is 1.33. The lowest BCUT2D eigenvalue weighted by Gasteiger charge is -2.47. The SMILES string of the molecule is CCC(C(=O)OC(C)(C)C)N1C(=O)C(C)C[C@H](c2cccc(Cl)c2)[C@H]1c1ccc(Cl)cc1. The minimum atomic E-state index is -0.688. The minimum absolute atomic E-state index is 0.0286. The van der Waals surface area contributed by atoms with E-state index in [0.29, 0.717) is 22.9 Å². The molecule has 172 valence electrons. The lowest BCUT2D eigenvalue weighted by atomic mass is 9.75. The summed E-state index contributed by atoms with van der Waals surface area (Å²) in [5.74, 6) is -0.690. The first-order chi connectivity index (χ1) is 15.0. The van der Waals surface area contributed by atoms with Gasteiger partial charge in [-0.2, -0.15) is 0 Å². The maximum absolute atomic E-state index is 13.6. The molecule has 2 aromatic carbocycles. The highest BCUT2D eigenvalue weighted by Gasteiger charge is 2.46. The molecule has 0 aromatic heterocycles. The number of carbonyl (C=O) groups excluding carboxylic acids is 2. The van der Waals surface area contributed by atoms with E-state index in [1.807, 2.05) is 83.1 Å². The fourth-order valence-corrected chi connectivity index (χ4v) is 4.82. The fourth-order valence-electron chi connectivity index (χ4n) is 4.50. The standard InChI is InChI=1S/C26H31Cl2NO3/c1-6-22(25(31)32-26(3,4)5)29-23(17-10-12-19(27)13-11-17)21(14-16(2)24(29)30)18-8-7-9-20(28)15-18/h7-13,15-16,21-23H,6,14H2,1-5H3/t16?,21-,22?,23-/m1/s1. The number of rotatable bonds is 5. The van der Waals surface area contributed by atoms with Crippen LogP contribution < -0.4 is 0 Å². The molecule has 0 bridgehead atoms. The molecule has 0 N–H and O–H groups in total. The van der Waals surface area contributed by atoms with Crippen LogP contribution in [0.4, 0.5) is 0 Å². The smallest absolute Gasteiger partial charge is 0.329 e. The van der Waals surface area contributed by atoms with Gasteiger partial charge in [0.05, 0.1) is 6.04 Å². The summed E-state index contributed by atoms with van der Waals surface area (Å²) < 4.78 is 5.72. The largest absolute Gasteiger partial charge is 0.458 e. The fraction of sp³-hybridized carbons (Fsp3) is 0.462. The van der Waals surface area contributed by atoms with Crippen molar-refractivity contribution in [3.63, 3.8) is 0 Å². The summed E-state index contributed by atoms with van der Waals surface area (Å²) in [6.45, 7) is 9.35. The average molecular weight is 476 g/mol. The third-order valence-electron chi connectivity index (χ3n) is 5.85. The van der Waals surface area contributed by atoms with Crippen molar-refractivity contribution in [3.8, 4) is 0 Å². The second kappa shape index (κ2) is 9.84. The van der Waals surface area contributed by atoms with Gasteiger partial charge < -0.3 is 9.64 Å². The van der Waals surface area contributed by atoms with Crippen molar-refractivity contribution in [2.24, 2.45) is 5.92 Å². The molecule has 0 aliphatic carbocycles.